The van der Waals surface area contributed by atoms with Crippen molar-refractivity contribution in [2.75, 3.05) is 13.7 Å². The lowest BCUT2D eigenvalue weighted by molar-refractivity contribution is -0.125. The molecule has 0 aliphatic heterocycles. The SMILES string of the molecule is CCCNC(=O)CC1C(=O)C=C(C)c2c(-c3ccc(OC)cc3)nn(-c3ccccc3C)c21. The number of hydrogen-bond acceptors (Lipinski definition) is 4. The van der Waals surface area contributed by atoms with Crippen LogP contribution in [0.5, 0.6) is 5.75 Å². The first-order valence-corrected chi connectivity index (χ1v) is 11.3. The van der Waals surface area contributed by atoms with Gasteiger partial charge in [-0.3, -0.25) is 9.59 Å². The minimum Gasteiger partial charge on any atom is -0.497 e. The van der Waals surface area contributed by atoms with Gasteiger partial charge in [0.2, 0.25) is 5.91 Å². The van der Waals surface area contributed by atoms with E-state index in [9.17, 15) is 9.59 Å². The first-order valence-electron chi connectivity index (χ1n) is 11.3. The van der Waals surface area contributed by atoms with E-state index in [0.29, 0.717) is 6.54 Å². The van der Waals surface area contributed by atoms with E-state index in [2.05, 4.69) is 5.32 Å². The number of nitrogens with one attached hydrogen (secondary N) is 1. The third-order valence-electron chi connectivity index (χ3n) is 6.02. The fourth-order valence-electron chi connectivity index (χ4n) is 4.32. The average Bonchev–Trinajstić information content (AvgIpc) is 3.21. The van der Waals surface area contributed by atoms with Crippen LogP contribution in [0.1, 0.15) is 49.4 Å². The third kappa shape index (κ3) is 4.33. The number of methoxy groups -OCH3 is 1. The molecule has 0 bridgehead atoms. The van der Waals surface area contributed by atoms with Crippen LogP contribution in [0.4, 0.5) is 0 Å². The first kappa shape index (κ1) is 22.5. The number of amides is 1. The molecule has 1 heterocycles. The van der Waals surface area contributed by atoms with Crippen LogP contribution >= 0.6 is 0 Å². The molecule has 33 heavy (non-hydrogen) atoms. The van der Waals surface area contributed by atoms with Gasteiger partial charge >= 0.3 is 0 Å². The molecular weight excluding hydrogens is 414 g/mol. The number of aromatic nitrogens is 2. The predicted octanol–water partition coefficient (Wildman–Crippen LogP) is 4.84. The van der Waals surface area contributed by atoms with E-state index in [4.69, 9.17) is 9.84 Å². The molecule has 0 fully saturated rings. The Morgan fingerprint density at radius 2 is 1.85 bits per heavy atom. The van der Waals surface area contributed by atoms with Crippen LogP contribution in [-0.2, 0) is 9.59 Å². The van der Waals surface area contributed by atoms with Crippen molar-refractivity contribution in [2.24, 2.45) is 0 Å². The molecular formula is C27H29N3O3. The monoisotopic (exact) mass is 443 g/mol. The fraction of sp³-hybridized carbons (Fsp3) is 0.296. The largest absolute Gasteiger partial charge is 0.497 e. The summed E-state index contributed by atoms with van der Waals surface area (Å²) in [4.78, 5) is 25.8. The van der Waals surface area contributed by atoms with E-state index in [-0.39, 0.29) is 18.1 Å². The highest BCUT2D eigenvalue weighted by molar-refractivity contribution is 6.07. The maximum absolute atomic E-state index is 13.2. The Balaban J connectivity index is 1.92. The Kier molecular flexibility index (Phi) is 6.45. The summed E-state index contributed by atoms with van der Waals surface area (Å²) in [5.74, 6) is -0.0289. The molecule has 170 valence electrons. The third-order valence-corrected chi connectivity index (χ3v) is 6.02. The zero-order valence-corrected chi connectivity index (χ0v) is 19.5. The molecule has 1 atom stereocenters. The molecule has 1 aliphatic carbocycles. The van der Waals surface area contributed by atoms with Crippen molar-refractivity contribution in [2.45, 2.75) is 39.5 Å². The van der Waals surface area contributed by atoms with Crippen molar-refractivity contribution < 1.29 is 14.3 Å². The first-order chi connectivity index (χ1) is 15.9. The Morgan fingerprint density at radius 1 is 1.12 bits per heavy atom. The van der Waals surface area contributed by atoms with Gasteiger partial charge in [-0.05, 0) is 67.8 Å². The summed E-state index contributed by atoms with van der Waals surface area (Å²) in [6.07, 6.45) is 2.59. The number of carbonyl (C=O) groups excluding carboxylic acids is 2. The molecule has 3 aromatic rings. The summed E-state index contributed by atoms with van der Waals surface area (Å²) in [6, 6.07) is 15.7. The van der Waals surface area contributed by atoms with E-state index in [1.165, 1.54) is 0 Å². The van der Waals surface area contributed by atoms with Crippen LogP contribution < -0.4 is 10.1 Å². The molecule has 0 radical (unpaired) electrons. The highest BCUT2D eigenvalue weighted by Gasteiger charge is 2.36. The Bertz CT molecular complexity index is 1220. The van der Waals surface area contributed by atoms with Crippen LogP contribution in [0, 0.1) is 6.92 Å². The lowest BCUT2D eigenvalue weighted by atomic mass is 9.83. The van der Waals surface area contributed by atoms with Gasteiger partial charge in [0.1, 0.15) is 11.4 Å². The van der Waals surface area contributed by atoms with Crippen molar-refractivity contribution in [3.05, 3.63) is 71.4 Å². The molecule has 6 heteroatoms. The molecule has 0 saturated heterocycles. The number of rotatable bonds is 7. The topological polar surface area (TPSA) is 73.2 Å². The van der Waals surface area contributed by atoms with Gasteiger partial charge < -0.3 is 10.1 Å². The van der Waals surface area contributed by atoms with Gasteiger partial charge in [0, 0.05) is 24.1 Å². The summed E-state index contributed by atoms with van der Waals surface area (Å²) in [7, 11) is 1.64. The second-order valence-electron chi connectivity index (χ2n) is 8.37. The highest BCUT2D eigenvalue weighted by Crippen LogP contribution is 2.42. The van der Waals surface area contributed by atoms with E-state index >= 15 is 0 Å². The summed E-state index contributed by atoms with van der Waals surface area (Å²) >= 11 is 0. The summed E-state index contributed by atoms with van der Waals surface area (Å²) in [5.41, 5.74) is 6.19. The van der Waals surface area contributed by atoms with Crippen molar-refractivity contribution in [1.82, 2.24) is 15.1 Å². The second kappa shape index (κ2) is 9.45. The number of ketones is 1. The normalized spacial score (nSPS) is 15.1. The molecule has 4 rings (SSSR count). The number of allylic oxidation sites excluding steroid dienone is 2. The molecule has 1 unspecified atom stereocenters. The highest BCUT2D eigenvalue weighted by atomic mass is 16.5. The molecule has 1 aliphatic rings. The van der Waals surface area contributed by atoms with Crippen molar-refractivity contribution >= 4 is 17.3 Å². The van der Waals surface area contributed by atoms with Gasteiger partial charge in [-0.1, -0.05) is 25.1 Å². The van der Waals surface area contributed by atoms with Gasteiger partial charge in [-0.25, -0.2) is 4.68 Å². The maximum atomic E-state index is 13.2. The maximum Gasteiger partial charge on any atom is 0.221 e. The minimum absolute atomic E-state index is 0.0670. The standard InChI is InChI=1S/C27H29N3O3/c1-5-14-28-24(32)16-21-23(31)15-18(3)25-26(19-10-12-20(33-4)13-11-19)29-30(27(21)25)22-9-7-6-8-17(22)2/h6-13,15,21H,5,14,16H2,1-4H3,(H,28,32). The predicted molar refractivity (Wildman–Crippen MR) is 130 cm³/mol. The molecule has 2 aromatic carbocycles. The lowest BCUT2D eigenvalue weighted by Gasteiger charge is -2.23. The Labute approximate surface area is 194 Å². The molecule has 1 aromatic heterocycles. The number of aryl methyl sites for hydroxylation is 1. The Hall–Kier alpha value is -3.67. The number of carbonyl (C=O) groups is 2. The van der Waals surface area contributed by atoms with Crippen molar-refractivity contribution in [1.29, 1.82) is 0 Å². The van der Waals surface area contributed by atoms with Gasteiger partial charge in [0.25, 0.3) is 0 Å². The molecule has 0 saturated carbocycles. The molecule has 1 amide bonds. The van der Waals surface area contributed by atoms with Crippen LogP contribution in [0.25, 0.3) is 22.5 Å². The number of nitrogens with zero attached hydrogens (tertiary/aromatic N) is 2. The van der Waals surface area contributed by atoms with E-state index in [1.807, 2.05) is 74.0 Å². The number of benzene rings is 2. The van der Waals surface area contributed by atoms with E-state index < -0.39 is 5.92 Å². The van der Waals surface area contributed by atoms with Gasteiger partial charge in [-0.15, -0.1) is 0 Å². The number of para-hydroxylation sites is 1. The van der Waals surface area contributed by atoms with E-state index in [1.54, 1.807) is 13.2 Å². The smallest absolute Gasteiger partial charge is 0.221 e. The quantitative estimate of drug-likeness (QED) is 0.567. The Morgan fingerprint density at radius 3 is 2.52 bits per heavy atom. The van der Waals surface area contributed by atoms with Crippen LogP contribution in [0.15, 0.2) is 54.6 Å². The lowest BCUT2D eigenvalue weighted by Crippen LogP contribution is -2.30. The van der Waals surface area contributed by atoms with Crippen LogP contribution in [0.3, 0.4) is 0 Å². The minimum atomic E-state index is -0.598. The van der Waals surface area contributed by atoms with Gasteiger partial charge in [0.05, 0.1) is 24.4 Å². The fourth-order valence-corrected chi connectivity index (χ4v) is 4.32. The molecule has 6 nitrogen and oxygen atoms in total. The number of fused-ring (bicyclic) bond motifs is 1. The summed E-state index contributed by atoms with van der Waals surface area (Å²) in [5, 5.41) is 7.91. The van der Waals surface area contributed by atoms with Crippen LogP contribution in [-0.4, -0.2) is 35.1 Å². The van der Waals surface area contributed by atoms with Crippen LogP contribution in [0.2, 0.25) is 0 Å². The summed E-state index contributed by atoms with van der Waals surface area (Å²) < 4.78 is 7.17. The zero-order valence-electron chi connectivity index (χ0n) is 19.5. The number of ether oxygens (including phenoxy) is 1. The van der Waals surface area contributed by atoms with Gasteiger partial charge in [0.15, 0.2) is 5.78 Å². The number of hydrogen-bond donors (Lipinski definition) is 1. The van der Waals surface area contributed by atoms with E-state index in [0.717, 1.165) is 51.5 Å². The second-order valence-corrected chi connectivity index (χ2v) is 8.37. The average molecular weight is 444 g/mol. The zero-order chi connectivity index (χ0) is 23.5. The van der Waals surface area contributed by atoms with Gasteiger partial charge in [-0.2, -0.15) is 5.10 Å². The van der Waals surface area contributed by atoms with Crippen molar-refractivity contribution in [3.8, 4) is 22.7 Å². The molecule has 1 N–H and O–H groups in total. The van der Waals surface area contributed by atoms with Crippen molar-refractivity contribution in [3.63, 3.8) is 0 Å². The molecule has 0 spiro atoms. The summed E-state index contributed by atoms with van der Waals surface area (Å²) in [6.45, 7) is 6.55.